The number of rotatable bonds is 7. The van der Waals surface area contributed by atoms with Crippen molar-refractivity contribution in [2.24, 2.45) is 4.99 Å². The Morgan fingerprint density at radius 2 is 1.82 bits per heavy atom. The molecular weight excluding hydrogens is 567 g/mol. The molecule has 4 rings (SSSR count). The predicted molar refractivity (Wildman–Crippen MR) is 139 cm³/mol. The van der Waals surface area contributed by atoms with Crippen LogP contribution in [0.25, 0.3) is 6.08 Å². The summed E-state index contributed by atoms with van der Waals surface area (Å²) in [4.78, 5) is 31.1. The maximum Gasteiger partial charge on any atom is 0.337 e. The summed E-state index contributed by atoms with van der Waals surface area (Å²) in [5.41, 5.74) is 1.64. The van der Waals surface area contributed by atoms with Crippen LogP contribution in [0.2, 0.25) is 0 Å². The van der Waals surface area contributed by atoms with E-state index in [-0.39, 0.29) is 11.1 Å². The lowest BCUT2D eigenvalue weighted by Gasteiger charge is -2.23. The number of benzene rings is 2. The highest BCUT2D eigenvalue weighted by Gasteiger charge is 2.31. The first-order valence-electron chi connectivity index (χ1n) is 10.7. The van der Waals surface area contributed by atoms with Gasteiger partial charge in [-0.25, -0.2) is 9.79 Å². The molecule has 1 aliphatic rings. The maximum absolute atomic E-state index is 13.6. The number of esters is 1. The molecule has 0 unspecified atom stereocenters. The Morgan fingerprint density at radius 3 is 2.50 bits per heavy atom. The van der Waals surface area contributed by atoms with Crippen molar-refractivity contribution in [3.63, 3.8) is 0 Å². The van der Waals surface area contributed by atoms with E-state index in [1.807, 2.05) is 50.3 Å². The van der Waals surface area contributed by atoms with E-state index in [1.165, 1.54) is 24.6 Å². The first kappa shape index (κ1) is 24.2. The Hall–Kier alpha value is -2.92. The van der Waals surface area contributed by atoms with Crippen LogP contribution < -0.4 is 24.4 Å². The van der Waals surface area contributed by atoms with E-state index in [2.05, 4.69) is 27.6 Å². The fraction of sp³-hybridized carbons (Fsp3) is 0.240. The van der Waals surface area contributed by atoms with E-state index in [4.69, 9.17) is 14.2 Å². The smallest absolute Gasteiger partial charge is 0.337 e. The van der Waals surface area contributed by atoms with Crippen LogP contribution in [0.4, 0.5) is 0 Å². The molecule has 1 atom stereocenters. The lowest BCUT2D eigenvalue weighted by Crippen LogP contribution is -2.39. The van der Waals surface area contributed by atoms with Gasteiger partial charge in [-0.3, -0.25) is 9.36 Å². The fourth-order valence-electron chi connectivity index (χ4n) is 3.70. The minimum absolute atomic E-state index is 0.228. The molecule has 1 aromatic heterocycles. The van der Waals surface area contributed by atoms with Gasteiger partial charge >= 0.3 is 5.97 Å². The number of thiazole rings is 1. The third kappa shape index (κ3) is 4.80. The molecule has 3 aromatic rings. The molecule has 7 nitrogen and oxygen atoms in total. The largest absolute Gasteiger partial charge is 0.490 e. The molecule has 0 radical (unpaired) electrons. The average molecular weight is 590 g/mol. The van der Waals surface area contributed by atoms with Gasteiger partial charge in [-0.15, -0.1) is 0 Å². The third-order valence-electron chi connectivity index (χ3n) is 5.18. The van der Waals surface area contributed by atoms with Crippen LogP contribution in [-0.2, 0) is 9.53 Å². The van der Waals surface area contributed by atoms with Gasteiger partial charge in [0.15, 0.2) is 16.3 Å². The molecule has 0 saturated heterocycles. The van der Waals surface area contributed by atoms with E-state index in [1.54, 1.807) is 16.7 Å². The van der Waals surface area contributed by atoms with Gasteiger partial charge in [0.1, 0.15) is 0 Å². The summed E-state index contributed by atoms with van der Waals surface area (Å²) in [5, 5.41) is 0. The molecule has 176 valence electrons. The van der Waals surface area contributed by atoms with Gasteiger partial charge in [0.2, 0.25) is 0 Å². The topological polar surface area (TPSA) is 79.1 Å². The molecular formula is C25H23IN2O5S. The minimum atomic E-state index is -0.711. The number of aromatic nitrogens is 1. The monoisotopic (exact) mass is 590 g/mol. The Bertz CT molecular complexity index is 1420. The van der Waals surface area contributed by atoms with Crippen molar-refractivity contribution >= 4 is 46.0 Å². The van der Waals surface area contributed by atoms with Crippen LogP contribution in [0.15, 0.2) is 64.0 Å². The summed E-state index contributed by atoms with van der Waals surface area (Å²) in [6.07, 6.45) is 3.32. The highest BCUT2D eigenvalue weighted by Crippen LogP contribution is 2.35. The van der Waals surface area contributed by atoms with Gasteiger partial charge < -0.3 is 14.2 Å². The van der Waals surface area contributed by atoms with E-state index >= 15 is 0 Å². The summed E-state index contributed by atoms with van der Waals surface area (Å²) in [6.45, 7) is 4.71. The lowest BCUT2D eigenvalue weighted by atomic mass is 9.97. The van der Waals surface area contributed by atoms with Crippen molar-refractivity contribution in [3.05, 3.63) is 88.6 Å². The summed E-state index contributed by atoms with van der Waals surface area (Å²) in [7, 11) is 1.31. The second kappa shape index (κ2) is 10.6. The van der Waals surface area contributed by atoms with Crippen molar-refractivity contribution in [3.8, 4) is 11.5 Å². The van der Waals surface area contributed by atoms with Crippen LogP contribution in [-0.4, -0.2) is 30.9 Å². The van der Waals surface area contributed by atoms with E-state index in [9.17, 15) is 9.59 Å². The number of nitrogens with zero attached hydrogens (tertiary/aromatic N) is 2. The van der Waals surface area contributed by atoms with Crippen molar-refractivity contribution in [2.75, 3.05) is 20.3 Å². The molecule has 0 spiro atoms. The highest BCUT2D eigenvalue weighted by atomic mass is 127. The number of hydrogen-bond donors (Lipinski definition) is 0. The minimum Gasteiger partial charge on any atom is -0.490 e. The number of methoxy groups -OCH3 is 1. The molecule has 9 heteroatoms. The SMILES string of the molecule is CCOc1ccc([C@@H]2C(C(=O)OC)=CN=c3s/c(=C\c4ccc(I)cc4)c(=O)n32)cc1OCC. The van der Waals surface area contributed by atoms with Gasteiger partial charge in [-0.1, -0.05) is 29.5 Å². The van der Waals surface area contributed by atoms with Crippen LogP contribution in [0.3, 0.4) is 0 Å². The van der Waals surface area contributed by atoms with E-state index < -0.39 is 12.0 Å². The Morgan fingerprint density at radius 1 is 1.12 bits per heavy atom. The zero-order valence-electron chi connectivity index (χ0n) is 18.9. The Kier molecular flexibility index (Phi) is 7.52. The number of hydrogen-bond acceptors (Lipinski definition) is 7. The number of halogens is 1. The Labute approximate surface area is 214 Å². The summed E-state index contributed by atoms with van der Waals surface area (Å²) in [5.74, 6) is 0.597. The van der Waals surface area contributed by atoms with Crippen LogP contribution in [0, 0.1) is 3.57 Å². The van der Waals surface area contributed by atoms with Gasteiger partial charge in [0.25, 0.3) is 5.56 Å². The maximum atomic E-state index is 13.6. The molecule has 0 N–H and O–H groups in total. The van der Waals surface area contributed by atoms with Crippen LogP contribution in [0.1, 0.15) is 31.0 Å². The van der Waals surface area contributed by atoms with Crippen LogP contribution in [0.5, 0.6) is 11.5 Å². The molecule has 0 bridgehead atoms. The van der Waals surface area contributed by atoms with Crippen molar-refractivity contribution in [1.82, 2.24) is 4.57 Å². The Balaban J connectivity index is 1.90. The van der Waals surface area contributed by atoms with Gasteiger partial charge in [-0.05, 0) is 77.9 Å². The number of carbonyl (C=O) groups is 1. The molecule has 0 saturated carbocycles. The first-order valence-corrected chi connectivity index (χ1v) is 12.6. The molecule has 2 heterocycles. The van der Waals surface area contributed by atoms with E-state index in [0.29, 0.717) is 39.6 Å². The molecule has 2 aromatic carbocycles. The summed E-state index contributed by atoms with van der Waals surface area (Å²) in [6, 6.07) is 12.6. The predicted octanol–water partition coefficient (Wildman–Crippen LogP) is 3.42. The summed E-state index contributed by atoms with van der Waals surface area (Å²) < 4.78 is 19.6. The average Bonchev–Trinajstić information content (AvgIpc) is 3.16. The second-order valence-corrected chi connectivity index (χ2v) is 9.55. The second-order valence-electron chi connectivity index (χ2n) is 7.30. The standard InChI is InChI=1S/C25H23IN2O5S/c1-4-32-19-11-8-16(13-20(19)33-5-2)22-18(24(30)31-3)14-27-25-28(22)23(29)21(34-25)12-15-6-9-17(26)10-7-15/h6-14,22H,4-5H2,1-3H3/b21-12-/t22-/m1/s1. The van der Waals surface area contributed by atoms with Crippen LogP contribution >= 0.6 is 33.9 Å². The van der Waals surface area contributed by atoms with Gasteiger partial charge in [-0.2, -0.15) is 0 Å². The molecule has 0 aliphatic carbocycles. The zero-order valence-corrected chi connectivity index (χ0v) is 21.9. The lowest BCUT2D eigenvalue weighted by molar-refractivity contribution is -0.136. The van der Waals surface area contributed by atoms with Crippen molar-refractivity contribution in [2.45, 2.75) is 19.9 Å². The van der Waals surface area contributed by atoms with Crippen molar-refractivity contribution in [1.29, 1.82) is 0 Å². The van der Waals surface area contributed by atoms with Crippen molar-refractivity contribution < 1.29 is 19.0 Å². The molecule has 0 amide bonds. The van der Waals surface area contributed by atoms with E-state index in [0.717, 1.165) is 9.13 Å². The molecule has 1 aliphatic heterocycles. The normalized spacial score (nSPS) is 15.2. The third-order valence-corrected chi connectivity index (χ3v) is 6.89. The highest BCUT2D eigenvalue weighted by molar-refractivity contribution is 14.1. The zero-order chi connectivity index (χ0) is 24.2. The number of carbonyl (C=O) groups excluding carboxylic acids is 1. The first-order chi connectivity index (χ1) is 16.5. The quantitative estimate of drug-likeness (QED) is 0.312. The molecule has 0 fully saturated rings. The fourth-order valence-corrected chi connectivity index (χ4v) is 5.03. The van der Waals surface area contributed by atoms with Gasteiger partial charge in [0.05, 0.1) is 36.5 Å². The number of ether oxygens (including phenoxy) is 3. The molecule has 34 heavy (non-hydrogen) atoms. The number of fused-ring (bicyclic) bond motifs is 1. The van der Waals surface area contributed by atoms with Gasteiger partial charge in [0, 0.05) is 9.77 Å². The summed E-state index contributed by atoms with van der Waals surface area (Å²) >= 11 is 3.52.